The van der Waals surface area contributed by atoms with Crippen LogP contribution in [-0.4, -0.2) is 11.7 Å². The van der Waals surface area contributed by atoms with Crippen molar-refractivity contribution in [2.45, 2.75) is 46.5 Å². The van der Waals surface area contributed by atoms with Gasteiger partial charge in [-0.3, -0.25) is 4.79 Å². The average Bonchev–Trinajstić information content (AvgIpc) is 1.99. The molecule has 0 saturated heterocycles. The Bertz CT molecular complexity index is 174. The molecule has 78 valence electrons. The van der Waals surface area contributed by atoms with E-state index in [1.165, 1.54) is 13.8 Å². The van der Waals surface area contributed by atoms with Crippen molar-refractivity contribution in [3.63, 3.8) is 0 Å². The van der Waals surface area contributed by atoms with Crippen molar-refractivity contribution in [3.8, 4) is 0 Å². The zero-order valence-corrected chi connectivity index (χ0v) is 8.73. The van der Waals surface area contributed by atoms with Gasteiger partial charge in [-0.05, 0) is 12.3 Å². The van der Waals surface area contributed by atoms with Crippen molar-refractivity contribution in [2.24, 2.45) is 11.8 Å². The van der Waals surface area contributed by atoms with Gasteiger partial charge in [0.2, 0.25) is 5.78 Å². The summed E-state index contributed by atoms with van der Waals surface area (Å²) in [7, 11) is 0. The molecule has 0 saturated carbocycles. The second-order valence-electron chi connectivity index (χ2n) is 4.16. The van der Waals surface area contributed by atoms with Crippen LogP contribution in [0.25, 0.3) is 0 Å². The van der Waals surface area contributed by atoms with E-state index in [0.717, 1.165) is 0 Å². The first-order chi connectivity index (χ1) is 5.77. The quantitative estimate of drug-likeness (QED) is 0.653. The highest BCUT2D eigenvalue weighted by molar-refractivity contribution is 5.87. The van der Waals surface area contributed by atoms with Gasteiger partial charge in [0.15, 0.2) is 0 Å². The maximum atomic E-state index is 13.1. The van der Waals surface area contributed by atoms with Gasteiger partial charge in [-0.1, -0.05) is 27.7 Å². The summed E-state index contributed by atoms with van der Waals surface area (Å²) in [6.45, 7) is 6.75. The van der Waals surface area contributed by atoms with Gasteiger partial charge in [0.25, 0.3) is 0 Å². The molecule has 0 rings (SSSR count). The smallest absolute Gasteiger partial charge is 0.293 e. The molecule has 0 fully saturated rings. The molecule has 0 amide bonds. The standard InChI is InChI=1S/C10H18F2O/c1-7(2)5-6-10(11,12)9(13)8(3)4/h7-8H,5-6H2,1-4H3. The van der Waals surface area contributed by atoms with E-state index in [2.05, 4.69) is 0 Å². The molecule has 0 aromatic rings. The predicted molar refractivity (Wildman–Crippen MR) is 48.9 cm³/mol. The summed E-state index contributed by atoms with van der Waals surface area (Å²) in [5.74, 6) is -4.43. The normalized spacial score (nSPS) is 12.6. The number of hydrogen-bond acceptors (Lipinski definition) is 1. The monoisotopic (exact) mass is 192 g/mol. The number of hydrogen-bond donors (Lipinski definition) is 0. The van der Waals surface area contributed by atoms with Crippen LogP contribution in [0.5, 0.6) is 0 Å². The molecule has 0 bridgehead atoms. The Labute approximate surface area is 78.5 Å². The van der Waals surface area contributed by atoms with Crippen molar-refractivity contribution in [1.29, 1.82) is 0 Å². The lowest BCUT2D eigenvalue weighted by atomic mass is 9.96. The lowest BCUT2D eigenvalue weighted by Crippen LogP contribution is -2.32. The third-order valence-corrected chi connectivity index (χ3v) is 1.92. The van der Waals surface area contributed by atoms with Crippen LogP contribution in [0.1, 0.15) is 40.5 Å². The summed E-state index contributed by atoms with van der Waals surface area (Å²) < 4.78 is 26.2. The molecule has 0 atom stereocenters. The molecule has 0 heterocycles. The van der Waals surface area contributed by atoms with E-state index >= 15 is 0 Å². The van der Waals surface area contributed by atoms with Crippen LogP contribution < -0.4 is 0 Å². The zero-order valence-electron chi connectivity index (χ0n) is 8.73. The summed E-state index contributed by atoms with van der Waals surface area (Å²) in [4.78, 5) is 11.0. The van der Waals surface area contributed by atoms with Crippen molar-refractivity contribution >= 4 is 5.78 Å². The molecule has 0 aliphatic heterocycles. The molecule has 1 nitrogen and oxygen atoms in total. The van der Waals surface area contributed by atoms with Crippen LogP contribution in [0.3, 0.4) is 0 Å². The lowest BCUT2D eigenvalue weighted by Gasteiger charge is -2.17. The molecule has 0 spiro atoms. The van der Waals surface area contributed by atoms with Gasteiger partial charge >= 0.3 is 5.92 Å². The molecule has 0 unspecified atom stereocenters. The Hall–Kier alpha value is -0.470. The molecular formula is C10H18F2O. The minimum absolute atomic E-state index is 0.214. The summed E-state index contributed by atoms with van der Waals surface area (Å²) in [6, 6.07) is 0. The number of ketones is 1. The summed E-state index contributed by atoms with van der Waals surface area (Å²) >= 11 is 0. The summed E-state index contributed by atoms with van der Waals surface area (Å²) in [5.41, 5.74) is 0. The highest BCUT2D eigenvalue weighted by Gasteiger charge is 2.39. The van der Waals surface area contributed by atoms with E-state index < -0.39 is 17.6 Å². The molecular weight excluding hydrogens is 174 g/mol. The Morgan fingerprint density at radius 2 is 1.69 bits per heavy atom. The summed E-state index contributed by atoms with van der Waals surface area (Å²) in [5, 5.41) is 0. The molecule has 0 aromatic heterocycles. The highest BCUT2D eigenvalue weighted by Crippen LogP contribution is 2.26. The van der Waals surface area contributed by atoms with Crippen molar-refractivity contribution < 1.29 is 13.6 Å². The largest absolute Gasteiger partial charge is 0.305 e. The topological polar surface area (TPSA) is 17.1 Å². The second-order valence-corrected chi connectivity index (χ2v) is 4.16. The maximum Gasteiger partial charge on any atom is 0.305 e. The zero-order chi connectivity index (χ0) is 10.6. The van der Waals surface area contributed by atoms with Gasteiger partial charge in [0.1, 0.15) is 0 Å². The van der Waals surface area contributed by atoms with Gasteiger partial charge < -0.3 is 0 Å². The fraction of sp³-hybridized carbons (Fsp3) is 0.900. The first-order valence-corrected chi connectivity index (χ1v) is 4.69. The van der Waals surface area contributed by atoms with Crippen molar-refractivity contribution in [3.05, 3.63) is 0 Å². The van der Waals surface area contributed by atoms with Gasteiger partial charge in [-0.15, -0.1) is 0 Å². The van der Waals surface area contributed by atoms with Gasteiger partial charge in [0.05, 0.1) is 0 Å². The third kappa shape index (κ3) is 4.34. The number of Topliss-reactive ketones (excluding diaryl/α,β-unsaturated/α-hetero) is 1. The highest BCUT2D eigenvalue weighted by atomic mass is 19.3. The van der Waals surface area contributed by atoms with Crippen LogP contribution >= 0.6 is 0 Å². The number of rotatable bonds is 5. The average molecular weight is 192 g/mol. The van der Waals surface area contributed by atoms with E-state index in [1.807, 2.05) is 13.8 Å². The van der Waals surface area contributed by atoms with Gasteiger partial charge in [-0.25, -0.2) is 0 Å². The summed E-state index contributed by atoms with van der Waals surface area (Å²) in [6.07, 6.45) is 0.0765. The Balaban J connectivity index is 4.14. The van der Waals surface area contributed by atoms with Gasteiger partial charge in [0, 0.05) is 12.3 Å². The Kier molecular flexibility index (Phi) is 4.51. The van der Waals surface area contributed by atoms with Gasteiger partial charge in [-0.2, -0.15) is 8.78 Å². The first kappa shape index (κ1) is 12.5. The third-order valence-electron chi connectivity index (χ3n) is 1.92. The van der Waals surface area contributed by atoms with E-state index in [9.17, 15) is 13.6 Å². The Morgan fingerprint density at radius 3 is 2.00 bits per heavy atom. The van der Waals surface area contributed by atoms with E-state index in [0.29, 0.717) is 6.42 Å². The maximum absolute atomic E-state index is 13.1. The number of carbonyl (C=O) groups excluding carboxylic acids is 1. The molecule has 3 heteroatoms. The predicted octanol–water partition coefficient (Wildman–Crippen LogP) is 3.28. The van der Waals surface area contributed by atoms with Crippen LogP contribution in [0.15, 0.2) is 0 Å². The molecule has 0 radical (unpaired) electrons. The Morgan fingerprint density at radius 1 is 1.23 bits per heavy atom. The van der Waals surface area contributed by atoms with E-state index in [1.54, 1.807) is 0 Å². The van der Waals surface area contributed by atoms with Crippen LogP contribution in [0, 0.1) is 11.8 Å². The second kappa shape index (κ2) is 4.68. The minimum Gasteiger partial charge on any atom is -0.293 e. The van der Waals surface area contributed by atoms with Crippen molar-refractivity contribution in [2.75, 3.05) is 0 Å². The van der Waals surface area contributed by atoms with E-state index in [4.69, 9.17) is 0 Å². The first-order valence-electron chi connectivity index (χ1n) is 4.69. The van der Waals surface area contributed by atoms with E-state index in [-0.39, 0.29) is 12.3 Å². The lowest BCUT2D eigenvalue weighted by molar-refractivity contribution is -0.147. The molecule has 0 aromatic carbocycles. The number of carbonyl (C=O) groups is 1. The fourth-order valence-electron chi connectivity index (χ4n) is 1.02. The molecule has 0 aliphatic carbocycles. The minimum atomic E-state index is -3.13. The van der Waals surface area contributed by atoms with Crippen LogP contribution in [0.4, 0.5) is 8.78 Å². The van der Waals surface area contributed by atoms with Crippen LogP contribution in [0.2, 0.25) is 0 Å². The molecule has 13 heavy (non-hydrogen) atoms. The molecule has 0 aliphatic rings. The number of alkyl halides is 2. The molecule has 0 N–H and O–H groups in total. The number of halogens is 2. The SMILES string of the molecule is CC(C)CCC(F)(F)C(=O)C(C)C. The van der Waals surface area contributed by atoms with Crippen molar-refractivity contribution in [1.82, 2.24) is 0 Å². The fourth-order valence-corrected chi connectivity index (χ4v) is 1.02. The van der Waals surface area contributed by atoms with Crippen LogP contribution in [-0.2, 0) is 4.79 Å².